The van der Waals surface area contributed by atoms with Gasteiger partial charge >= 0.3 is 6.01 Å². The van der Waals surface area contributed by atoms with Gasteiger partial charge in [0.1, 0.15) is 18.2 Å². The number of aromatic amines is 1. The molecule has 0 saturated carbocycles. The Kier molecular flexibility index (Phi) is 7.02. The monoisotopic (exact) mass is 534 g/mol. The van der Waals surface area contributed by atoms with Crippen molar-refractivity contribution in [3.63, 3.8) is 0 Å². The highest BCUT2D eigenvalue weighted by Crippen LogP contribution is 2.34. The largest absolute Gasteiger partial charge is 0.455 e. The van der Waals surface area contributed by atoms with Crippen molar-refractivity contribution in [3.8, 4) is 12.1 Å². The Hall–Kier alpha value is -4.91. The second-order valence-electron chi connectivity index (χ2n) is 9.95. The van der Waals surface area contributed by atoms with E-state index in [1.165, 1.54) is 22.5 Å². The Morgan fingerprint density at radius 1 is 1.15 bits per heavy atom. The molecule has 2 aromatic heterocycles. The molecule has 2 aromatic carbocycles. The van der Waals surface area contributed by atoms with Crippen LogP contribution in [0.15, 0.2) is 67.5 Å². The minimum atomic E-state index is -0.252. The fraction of sp³-hybridized carbons (Fsp3) is 0.300. The highest BCUT2D eigenvalue weighted by molar-refractivity contribution is 5.94. The van der Waals surface area contributed by atoms with E-state index in [0.29, 0.717) is 32.0 Å². The molecule has 1 N–H and O–H groups in total. The van der Waals surface area contributed by atoms with Crippen LogP contribution in [0.25, 0.3) is 10.8 Å². The molecule has 6 rings (SSSR count). The van der Waals surface area contributed by atoms with E-state index in [2.05, 4.69) is 74.9 Å². The molecule has 4 heterocycles. The number of anilines is 2. The fourth-order valence-corrected chi connectivity index (χ4v) is 5.65. The van der Waals surface area contributed by atoms with Crippen LogP contribution in [0.1, 0.15) is 23.5 Å². The Morgan fingerprint density at radius 3 is 2.85 bits per heavy atom. The molecule has 4 aromatic rings. The van der Waals surface area contributed by atoms with Crippen molar-refractivity contribution in [1.29, 1.82) is 5.26 Å². The summed E-state index contributed by atoms with van der Waals surface area (Å²) in [5.74, 6) is 1.34. The molecule has 0 aliphatic carbocycles. The first-order valence-electron chi connectivity index (χ1n) is 13.4. The van der Waals surface area contributed by atoms with Crippen molar-refractivity contribution in [2.45, 2.75) is 32.0 Å². The van der Waals surface area contributed by atoms with Crippen molar-refractivity contribution in [1.82, 2.24) is 24.8 Å². The molecular formula is C30H30N8O2. The second kappa shape index (κ2) is 11.1. The van der Waals surface area contributed by atoms with Crippen LogP contribution in [0.2, 0.25) is 0 Å². The van der Waals surface area contributed by atoms with E-state index in [9.17, 15) is 10.1 Å². The lowest BCUT2D eigenvalue weighted by Crippen LogP contribution is -2.55. The Bertz CT molecular complexity index is 1570. The number of benzene rings is 2. The minimum absolute atomic E-state index is 0.155. The van der Waals surface area contributed by atoms with Crippen molar-refractivity contribution >= 4 is 28.2 Å². The van der Waals surface area contributed by atoms with Gasteiger partial charge in [-0.25, -0.2) is 4.98 Å². The third kappa shape index (κ3) is 4.94. The number of fused-ring (bicyclic) bond motifs is 2. The predicted octanol–water partition coefficient (Wildman–Crippen LogP) is 3.61. The predicted molar refractivity (Wildman–Crippen MR) is 152 cm³/mol. The van der Waals surface area contributed by atoms with Crippen LogP contribution in [0.4, 0.5) is 11.5 Å². The maximum Gasteiger partial charge on any atom is 0.319 e. The molecule has 10 nitrogen and oxygen atoms in total. The summed E-state index contributed by atoms with van der Waals surface area (Å²) in [4.78, 5) is 35.7. The SMILES string of the molecule is C=CC(=O)N1CCN(c2nc(OCc3ncc[nH]3)nc3c2CCN(c2cccc4ccccc24)C3)C[C@@H]1CC#N. The van der Waals surface area contributed by atoms with Crippen molar-refractivity contribution < 1.29 is 9.53 Å². The third-order valence-corrected chi connectivity index (χ3v) is 7.59. The molecule has 2 aliphatic rings. The number of hydrogen-bond donors (Lipinski definition) is 1. The first kappa shape index (κ1) is 25.4. The molecule has 1 saturated heterocycles. The topological polar surface area (TPSA) is 114 Å². The smallest absolute Gasteiger partial charge is 0.319 e. The van der Waals surface area contributed by atoms with Gasteiger partial charge in [-0.3, -0.25) is 4.79 Å². The van der Waals surface area contributed by atoms with E-state index in [0.717, 1.165) is 30.0 Å². The number of imidazole rings is 1. The maximum atomic E-state index is 12.5. The summed E-state index contributed by atoms with van der Waals surface area (Å²) in [5, 5.41) is 11.9. The molecule has 0 spiro atoms. The lowest BCUT2D eigenvalue weighted by molar-refractivity contribution is -0.128. The van der Waals surface area contributed by atoms with E-state index in [1.807, 2.05) is 0 Å². The lowest BCUT2D eigenvalue weighted by atomic mass is 10.0. The highest BCUT2D eigenvalue weighted by atomic mass is 16.5. The quantitative estimate of drug-likeness (QED) is 0.358. The summed E-state index contributed by atoms with van der Waals surface area (Å²) in [6, 6.07) is 17.1. The number of ether oxygens (including phenoxy) is 1. The summed E-state index contributed by atoms with van der Waals surface area (Å²) < 4.78 is 6.02. The van der Waals surface area contributed by atoms with Crippen LogP contribution < -0.4 is 14.5 Å². The van der Waals surface area contributed by atoms with Crippen molar-refractivity contribution in [2.24, 2.45) is 0 Å². The van der Waals surface area contributed by atoms with E-state index in [4.69, 9.17) is 14.7 Å². The summed E-state index contributed by atoms with van der Waals surface area (Å²) >= 11 is 0. The standard InChI is InChI=1S/C30H30N8O2/c1-2-28(39)38-17-16-37(18-22(38)10-12-31)29-24-11-15-36(26-9-5-7-21-6-3-4-8-23(21)26)19-25(24)34-30(35-29)40-20-27-32-13-14-33-27/h2-9,13-14,22H,1,10-11,15-20H2,(H,32,33)/t22-/m0/s1. The van der Waals surface area contributed by atoms with Gasteiger partial charge in [0.15, 0.2) is 0 Å². The number of nitriles is 1. The summed E-state index contributed by atoms with van der Waals surface area (Å²) in [6.07, 6.45) is 5.74. The van der Waals surface area contributed by atoms with Gasteiger partial charge in [-0.2, -0.15) is 15.2 Å². The first-order chi connectivity index (χ1) is 19.6. The average Bonchev–Trinajstić information content (AvgIpc) is 3.53. The van der Waals surface area contributed by atoms with Crippen LogP contribution in [0.5, 0.6) is 6.01 Å². The number of nitrogens with one attached hydrogen (secondary N) is 1. The number of carbonyl (C=O) groups excluding carboxylic acids is 1. The van der Waals surface area contributed by atoms with Gasteiger partial charge in [0.2, 0.25) is 5.91 Å². The normalized spacial score (nSPS) is 16.9. The van der Waals surface area contributed by atoms with Crippen LogP contribution in [0.3, 0.4) is 0 Å². The van der Waals surface area contributed by atoms with E-state index in [1.54, 1.807) is 17.3 Å². The van der Waals surface area contributed by atoms with Crippen LogP contribution >= 0.6 is 0 Å². The molecule has 1 fully saturated rings. The van der Waals surface area contributed by atoms with Gasteiger partial charge in [0.05, 0.1) is 30.8 Å². The number of rotatable bonds is 7. The molecule has 1 atom stereocenters. The number of amides is 1. The van der Waals surface area contributed by atoms with Crippen LogP contribution in [0, 0.1) is 11.3 Å². The molecule has 0 unspecified atom stereocenters. The van der Waals surface area contributed by atoms with Crippen LogP contribution in [-0.2, 0) is 24.4 Å². The number of aromatic nitrogens is 4. The summed E-state index contributed by atoms with van der Waals surface area (Å²) in [7, 11) is 0. The van der Waals surface area contributed by atoms with Gasteiger partial charge in [-0.1, -0.05) is 43.0 Å². The Balaban J connectivity index is 1.34. The molecule has 40 heavy (non-hydrogen) atoms. The summed E-state index contributed by atoms with van der Waals surface area (Å²) in [6.45, 7) is 6.87. The zero-order valence-corrected chi connectivity index (χ0v) is 22.2. The van der Waals surface area contributed by atoms with Crippen molar-refractivity contribution in [3.05, 3.63) is 84.6 Å². The second-order valence-corrected chi connectivity index (χ2v) is 9.95. The highest BCUT2D eigenvalue weighted by Gasteiger charge is 2.33. The fourth-order valence-electron chi connectivity index (χ4n) is 5.65. The molecule has 1 amide bonds. The zero-order chi connectivity index (χ0) is 27.5. The average molecular weight is 535 g/mol. The van der Waals surface area contributed by atoms with E-state index < -0.39 is 0 Å². The van der Waals surface area contributed by atoms with E-state index >= 15 is 0 Å². The number of nitrogens with zero attached hydrogens (tertiary/aromatic N) is 7. The van der Waals surface area contributed by atoms with Gasteiger partial charge < -0.3 is 24.4 Å². The van der Waals surface area contributed by atoms with Gasteiger partial charge in [0, 0.05) is 55.2 Å². The molecule has 0 bridgehead atoms. The van der Waals surface area contributed by atoms with Gasteiger partial charge in [-0.05, 0) is 23.9 Å². The van der Waals surface area contributed by atoms with Crippen molar-refractivity contribution in [2.75, 3.05) is 36.0 Å². The number of H-pyrrole nitrogens is 1. The maximum absolute atomic E-state index is 12.5. The molecule has 2 aliphatic heterocycles. The Morgan fingerprint density at radius 2 is 2.02 bits per heavy atom. The molecule has 202 valence electrons. The van der Waals surface area contributed by atoms with Gasteiger partial charge in [-0.15, -0.1) is 0 Å². The Labute approximate surface area is 232 Å². The van der Waals surface area contributed by atoms with E-state index in [-0.39, 0.29) is 31.0 Å². The molecule has 0 radical (unpaired) electrons. The van der Waals surface area contributed by atoms with Gasteiger partial charge in [0.25, 0.3) is 0 Å². The number of hydrogen-bond acceptors (Lipinski definition) is 8. The summed E-state index contributed by atoms with van der Waals surface area (Å²) in [5.41, 5.74) is 3.17. The van der Waals surface area contributed by atoms with Crippen LogP contribution in [-0.4, -0.2) is 63.0 Å². The first-order valence-corrected chi connectivity index (χ1v) is 13.4. The zero-order valence-electron chi connectivity index (χ0n) is 22.2. The number of carbonyl (C=O) groups is 1. The molecular weight excluding hydrogens is 504 g/mol. The lowest BCUT2D eigenvalue weighted by Gasteiger charge is -2.42. The minimum Gasteiger partial charge on any atom is -0.455 e. The third-order valence-electron chi connectivity index (χ3n) is 7.59. The number of piperazine rings is 1. The molecule has 10 heteroatoms.